The molecule has 1 heterocycles. The van der Waals surface area contributed by atoms with Crippen molar-refractivity contribution in [3.63, 3.8) is 0 Å². The maximum atomic E-state index is 12.9. The van der Waals surface area contributed by atoms with Gasteiger partial charge < -0.3 is 23.9 Å². The van der Waals surface area contributed by atoms with Gasteiger partial charge in [-0.05, 0) is 54.6 Å². The number of anilines is 1. The number of carbonyl (C=O) groups is 1. The van der Waals surface area contributed by atoms with Crippen LogP contribution in [0.2, 0.25) is 5.02 Å². The molecule has 0 aliphatic carbocycles. The number of alkyl halides is 3. The highest BCUT2D eigenvalue weighted by Gasteiger charge is 2.31. The first-order valence-corrected chi connectivity index (χ1v) is 10.7. The number of halogens is 4. The second kappa shape index (κ2) is 10.2. The molecule has 4 rings (SSSR count). The summed E-state index contributed by atoms with van der Waals surface area (Å²) < 4.78 is 60.3. The van der Waals surface area contributed by atoms with E-state index in [9.17, 15) is 22.8 Å². The molecule has 0 spiro atoms. The molecule has 0 atom stereocenters. The van der Waals surface area contributed by atoms with Crippen LogP contribution in [-0.4, -0.2) is 19.6 Å². The molecule has 3 aromatic carbocycles. The summed E-state index contributed by atoms with van der Waals surface area (Å²) in [6.07, 6.45) is -3.43. The molecular formula is C25H17ClF3NO6. The van der Waals surface area contributed by atoms with Gasteiger partial charge in [-0.1, -0.05) is 11.6 Å². The molecule has 0 aliphatic rings. The average molecular weight is 520 g/mol. The van der Waals surface area contributed by atoms with Crippen molar-refractivity contribution >= 4 is 34.2 Å². The molecule has 1 aromatic heterocycles. The molecule has 0 unspecified atom stereocenters. The Labute approximate surface area is 207 Å². The first kappa shape index (κ1) is 24.9. The number of rotatable bonds is 7. The number of fused-ring (bicyclic) bond motifs is 1. The van der Waals surface area contributed by atoms with Crippen molar-refractivity contribution in [3.05, 3.63) is 87.7 Å². The summed E-state index contributed by atoms with van der Waals surface area (Å²) in [5, 5.41) is 2.44. The van der Waals surface area contributed by atoms with E-state index in [0.29, 0.717) is 11.5 Å². The summed E-state index contributed by atoms with van der Waals surface area (Å²) in [5.74, 6) is 0.473. The minimum absolute atomic E-state index is 0.0290. The fourth-order valence-electron chi connectivity index (χ4n) is 3.15. The van der Waals surface area contributed by atoms with Crippen molar-refractivity contribution in [3.8, 4) is 23.0 Å². The third kappa shape index (κ3) is 5.72. The number of carbonyl (C=O) groups excluding carboxylic acids is 1. The molecule has 1 amide bonds. The van der Waals surface area contributed by atoms with Gasteiger partial charge in [-0.2, -0.15) is 13.2 Å². The van der Waals surface area contributed by atoms with Crippen LogP contribution in [0.15, 0.2) is 76.1 Å². The maximum absolute atomic E-state index is 12.9. The van der Waals surface area contributed by atoms with Gasteiger partial charge in [-0.25, -0.2) is 0 Å². The number of ether oxygens (including phenoxy) is 3. The molecule has 36 heavy (non-hydrogen) atoms. The highest BCUT2D eigenvalue weighted by molar-refractivity contribution is 6.33. The lowest BCUT2D eigenvalue weighted by Gasteiger charge is -2.12. The van der Waals surface area contributed by atoms with Crippen LogP contribution in [0, 0.1) is 0 Å². The van der Waals surface area contributed by atoms with Gasteiger partial charge in [0.25, 0.3) is 5.91 Å². The molecule has 0 bridgehead atoms. The van der Waals surface area contributed by atoms with Crippen LogP contribution in [-0.2, 0) is 11.0 Å². The van der Waals surface area contributed by atoms with Crippen LogP contribution in [0.25, 0.3) is 11.0 Å². The number of benzene rings is 3. The predicted octanol–water partition coefficient (Wildman–Crippen LogP) is 6.28. The van der Waals surface area contributed by atoms with Gasteiger partial charge in [0.2, 0.25) is 11.2 Å². The Bertz CT molecular complexity index is 1470. The molecular weight excluding hydrogens is 503 g/mol. The van der Waals surface area contributed by atoms with E-state index in [2.05, 4.69) is 5.32 Å². The van der Waals surface area contributed by atoms with Crippen molar-refractivity contribution in [2.24, 2.45) is 0 Å². The quantitative estimate of drug-likeness (QED) is 0.309. The normalized spacial score (nSPS) is 11.2. The molecule has 186 valence electrons. The van der Waals surface area contributed by atoms with E-state index in [1.54, 1.807) is 24.3 Å². The van der Waals surface area contributed by atoms with Gasteiger partial charge >= 0.3 is 6.18 Å². The first-order valence-electron chi connectivity index (χ1n) is 10.3. The maximum Gasteiger partial charge on any atom is 0.416 e. The van der Waals surface area contributed by atoms with Crippen molar-refractivity contribution in [2.45, 2.75) is 6.18 Å². The number of nitrogens with one attached hydrogen (secondary N) is 1. The molecule has 0 saturated carbocycles. The van der Waals surface area contributed by atoms with Gasteiger partial charge in [0.15, 0.2) is 6.61 Å². The molecule has 11 heteroatoms. The second-order valence-electron chi connectivity index (χ2n) is 7.39. The minimum Gasteiger partial charge on any atom is -0.497 e. The third-order valence-electron chi connectivity index (χ3n) is 4.94. The molecule has 0 aliphatic heterocycles. The topological polar surface area (TPSA) is 87.0 Å². The SMILES string of the molecule is COc1ccc(Oc2coc3cc(OCC(=O)Nc4cc(C(F)(F)F)ccc4Cl)ccc3c2=O)cc1. The average Bonchev–Trinajstić information content (AvgIpc) is 2.85. The zero-order chi connectivity index (χ0) is 25.9. The van der Waals surface area contributed by atoms with Crippen molar-refractivity contribution in [1.82, 2.24) is 0 Å². The highest BCUT2D eigenvalue weighted by atomic mass is 35.5. The Balaban J connectivity index is 1.43. The lowest BCUT2D eigenvalue weighted by molar-refractivity contribution is -0.137. The highest BCUT2D eigenvalue weighted by Crippen LogP contribution is 2.34. The largest absolute Gasteiger partial charge is 0.497 e. The fourth-order valence-corrected chi connectivity index (χ4v) is 3.32. The van der Waals surface area contributed by atoms with Crippen LogP contribution < -0.4 is 25.0 Å². The molecule has 0 saturated heterocycles. The minimum atomic E-state index is -4.59. The monoisotopic (exact) mass is 519 g/mol. The van der Waals surface area contributed by atoms with Gasteiger partial charge in [-0.15, -0.1) is 0 Å². The summed E-state index contributed by atoms with van der Waals surface area (Å²) in [6, 6.07) is 13.5. The van der Waals surface area contributed by atoms with Crippen molar-refractivity contribution in [1.29, 1.82) is 0 Å². The standard InChI is InChI=1S/C25H17ClF3NO6/c1-33-15-3-5-16(6-4-15)36-22-12-35-21-11-17(7-8-18(21)24(22)32)34-13-23(31)30-20-10-14(25(27,28)29)2-9-19(20)26/h2-12H,13H2,1H3,(H,30,31). The van der Waals surface area contributed by atoms with Crippen LogP contribution >= 0.6 is 11.6 Å². The predicted molar refractivity (Wildman–Crippen MR) is 126 cm³/mol. The molecule has 7 nitrogen and oxygen atoms in total. The van der Waals surface area contributed by atoms with Crippen LogP contribution in [0.1, 0.15) is 5.56 Å². The van der Waals surface area contributed by atoms with E-state index in [1.807, 2.05) is 0 Å². The third-order valence-corrected chi connectivity index (χ3v) is 5.27. The van der Waals surface area contributed by atoms with Gasteiger partial charge in [0.05, 0.1) is 28.8 Å². The Hall–Kier alpha value is -4.18. The number of amides is 1. The van der Waals surface area contributed by atoms with Gasteiger partial charge in [0.1, 0.15) is 29.1 Å². The summed E-state index contributed by atoms with van der Waals surface area (Å²) >= 11 is 5.88. The zero-order valence-electron chi connectivity index (χ0n) is 18.5. The first-order chi connectivity index (χ1) is 17.1. The van der Waals surface area contributed by atoms with Crippen molar-refractivity contribution in [2.75, 3.05) is 19.0 Å². The summed E-state index contributed by atoms with van der Waals surface area (Å²) in [6.45, 7) is -0.527. The van der Waals surface area contributed by atoms with Crippen LogP contribution in [0.5, 0.6) is 23.0 Å². The van der Waals surface area contributed by atoms with E-state index >= 15 is 0 Å². The molecule has 0 radical (unpaired) electrons. The fraction of sp³-hybridized carbons (Fsp3) is 0.120. The number of methoxy groups -OCH3 is 1. The summed E-state index contributed by atoms with van der Waals surface area (Å²) in [5.41, 5.74) is -1.39. The number of hydrogen-bond acceptors (Lipinski definition) is 6. The molecule has 1 N–H and O–H groups in total. The second-order valence-corrected chi connectivity index (χ2v) is 7.80. The number of hydrogen-bond donors (Lipinski definition) is 1. The lowest BCUT2D eigenvalue weighted by atomic mass is 10.2. The van der Waals surface area contributed by atoms with Gasteiger partial charge in [0, 0.05) is 6.07 Å². The zero-order valence-corrected chi connectivity index (χ0v) is 19.3. The lowest BCUT2D eigenvalue weighted by Crippen LogP contribution is -2.20. The Morgan fingerprint density at radius 2 is 1.69 bits per heavy atom. The Kier molecular flexibility index (Phi) is 7.07. The molecule has 4 aromatic rings. The van der Waals surface area contributed by atoms with Crippen LogP contribution in [0.3, 0.4) is 0 Å². The Morgan fingerprint density at radius 3 is 2.39 bits per heavy atom. The summed E-state index contributed by atoms with van der Waals surface area (Å²) in [4.78, 5) is 25.0. The Morgan fingerprint density at radius 1 is 1.00 bits per heavy atom. The van der Waals surface area contributed by atoms with E-state index in [0.717, 1.165) is 24.5 Å². The van der Waals surface area contributed by atoms with E-state index in [1.165, 1.54) is 25.3 Å². The van der Waals surface area contributed by atoms with Gasteiger partial charge in [-0.3, -0.25) is 9.59 Å². The van der Waals surface area contributed by atoms with E-state index in [4.69, 9.17) is 30.2 Å². The smallest absolute Gasteiger partial charge is 0.416 e. The van der Waals surface area contributed by atoms with E-state index in [-0.39, 0.29) is 33.2 Å². The van der Waals surface area contributed by atoms with E-state index < -0.39 is 29.7 Å². The molecule has 0 fully saturated rings. The van der Waals surface area contributed by atoms with Crippen molar-refractivity contribution < 1.29 is 36.6 Å². The summed E-state index contributed by atoms with van der Waals surface area (Å²) in [7, 11) is 1.53. The van der Waals surface area contributed by atoms with Crippen LogP contribution in [0.4, 0.5) is 18.9 Å².